The predicted octanol–water partition coefficient (Wildman–Crippen LogP) is 6.70. The van der Waals surface area contributed by atoms with E-state index in [0.717, 1.165) is 90.4 Å². The standard InChI is InChI=1S/C36H53N3O3/c1-5-17-36(41,18-6-2)19-16-29-13-15-33(31(24-29)25-42-22-21-38)32-14-12-26(3)34(27(32)4)39-35(40)30-11-7-9-28(23-30)10-8-20-37/h7,9,11-15,23-24,35,39-41H,5-6,8,10,16-22,25,37-38H2,1-4H3. The van der Waals surface area contributed by atoms with E-state index in [9.17, 15) is 10.2 Å². The van der Waals surface area contributed by atoms with Gasteiger partial charge in [0, 0.05) is 17.8 Å². The van der Waals surface area contributed by atoms with E-state index in [1.807, 2.05) is 12.1 Å². The van der Waals surface area contributed by atoms with Gasteiger partial charge in [-0.1, -0.05) is 81.3 Å². The molecule has 0 radical (unpaired) electrons. The highest BCUT2D eigenvalue weighted by Gasteiger charge is 2.24. The fraction of sp³-hybridized carbons (Fsp3) is 0.500. The maximum absolute atomic E-state index is 11.2. The number of aliphatic hydroxyl groups is 2. The van der Waals surface area contributed by atoms with Crippen LogP contribution in [-0.4, -0.2) is 35.5 Å². The minimum absolute atomic E-state index is 0.461. The first-order valence-corrected chi connectivity index (χ1v) is 15.7. The van der Waals surface area contributed by atoms with Gasteiger partial charge in [-0.2, -0.15) is 0 Å². The van der Waals surface area contributed by atoms with Crippen LogP contribution in [0.4, 0.5) is 5.69 Å². The third kappa shape index (κ3) is 9.38. The van der Waals surface area contributed by atoms with Gasteiger partial charge in [-0.3, -0.25) is 0 Å². The Kier molecular flexibility index (Phi) is 13.5. The van der Waals surface area contributed by atoms with Gasteiger partial charge in [0.15, 0.2) is 6.23 Å². The predicted molar refractivity (Wildman–Crippen MR) is 176 cm³/mol. The second-order valence-corrected chi connectivity index (χ2v) is 11.7. The molecule has 0 bridgehead atoms. The smallest absolute Gasteiger partial charge is 0.150 e. The van der Waals surface area contributed by atoms with Gasteiger partial charge >= 0.3 is 0 Å². The quantitative estimate of drug-likeness (QED) is 0.0852. The molecule has 3 rings (SSSR count). The molecular formula is C36H53N3O3. The molecule has 7 N–H and O–H groups in total. The Morgan fingerprint density at radius 3 is 2.26 bits per heavy atom. The Bertz CT molecular complexity index is 1250. The first-order valence-electron chi connectivity index (χ1n) is 15.7. The number of rotatable bonds is 18. The lowest BCUT2D eigenvalue weighted by molar-refractivity contribution is 0.0132. The number of hydrogen-bond donors (Lipinski definition) is 5. The monoisotopic (exact) mass is 575 g/mol. The van der Waals surface area contributed by atoms with E-state index in [1.165, 1.54) is 11.1 Å². The van der Waals surface area contributed by atoms with Crippen LogP contribution in [0.15, 0.2) is 54.6 Å². The van der Waals surface area contributed by atoms with Gasteiger partial charge in [-0.15, -0.1) is 0 Å². The van der Waals surface area contributed by atoms with Gasteiger partial charge in [0.25, 0.3) is 0 Å². The molecule has 0 spiro atoms. The molecule has 3 aromatic carbocycles. The highest BCUT2D eigenvalue weighted by atomic mass is 16.5. The first-order chi connectivity index (χ1) is 20.2. The molecule has 3 aromatic rings. The number of nitrogens with two attached hydrogens (primary N) is 2. The second kappa shape index (κ2) is 16.8. The SMILES string of the molecule is CCCC(O)(CCC)CCc1ccc(-c2ccc(C)c(NC(O)c3cccc(CCCN)c3)c2C)c(COCCN)c1. The maximum atomic E-state index is 11.2. The van der Waals surface area contributed by atoms with Crippen molar-refractivity contribution in [1.82, 2.24) is 0 Å². The van der Waals surface area contributed by atoms with Crippen molar-refractivity contribution in [3.05, 3.63) is 88.0 Å². The Balaban J connectivity index is 1.91. The zero-order chi connectivity index (χ0) is 30.5. The normalized spacial score (nSPS) is 12.5. The van der Waals surface area contributed by atoms with Gasteiger partial charge in [-0.25, -0.2) is 0 Å². The van der Waals surface area contributed by atoms with Gasteiger partial charge in [0.05, 0.1) is 18.8 Å². The molecule has 0 saturated heterocycles. The summed E-state index contributed by atoms with van der Waals surface area (Å²) in [5.41, 5.74) is 20.4. The lowest BCUT2D eigenvalue weighted by atomic mass is 9.85. The van der Waals surface area contributed by atoms with Gasteiger partial charge in [0.1, 0.15) is 0 Å². The van der Waals surface area contributed by atoms with Crippen LogP contribution in [-0.2, 0) is 24.2 Å². The van der Waals surface area contributed by atoms with Crippen LogP contribution in [0.5, 0.6) is 0 Å². The van der Waals surface area contributed by atoms with E-state index in [1.54, 1.807) is 0 Å². The largest absolute Gasteiger partial charge is 0.390 e. The summed E-state index contributed by atoms with van der Waals surface area (Å²) in [6.45, 7) is 10.5. The summed E-state index contributed by atoms with van der Waals surface area (Å²) < 4.78 is 5.93. The van der Waals surface area contributed by atoms with E-state index in [0.29, 0.717) is 26.3 Å². The molecule has 6 heteroatoms. The topological polar surface area (TPSA) is 114 Å². The Morgan fingerprint density at radius 2 is 1.57 bits per heavy atom. The minimum atomic E-state index is -0.838. The summed E-state index contributed by atoms with van der Waals surface area (Å²) in [6, 6.07) is 18.9. The number of benzene rings is 3. The number of anilines is 1. The van der Waals surface area contributed by atoms with E-state index in [2.05, 4.69) is 75.5 Å². The second-order valence-electron chi connectivity index (χ2n) is 11.7. The van der Waals surface area contributed by atoms with Crippen LogP contribution < -0.4 is 16.8 Å². The van der Waals surface area contributed by atoms with Crippen molar-refractivity contribution in [3.8, 4) is 11.1 Å². The average molecular weight is 576 g/mol. The molecule has 0 saturated carbocycles. The van der Waals surface area contributed by atoms with Crippen molar-refractivity contribution in [1.29, 1.82) is 0 Å². The molecule has 0 aliphatic rings. The molecular weight excluding hydrogens is 522 g/mol. The van der Waals surface area contributed by atoms with Crippen molar-refractivity contribution >= 4 is 5.69 Å². The summed E-state index contributed by atoms with van der Waals surface area (Å²) in [4.78, 5) is 0. The van der Waals surface area contributed by atoms with E-state index in [4.69, 9.17) is 16.2 Å². The van der Waals surface area contributed by atoms with Crippen molar-refractivity contribution in [2.45, 2.75) is 97.5 Å². The summed E-state index contributed by atoms with van der Waals surface area (Å²) in [5.74, 6) is 0. The van der Waals surface area contributed by atoms with Crippen molar-refractivity contribution in [3.63, 3.8) is 0 Å². The highest BCUT2D eigenvalue weighted by molar-refractivity contribution is 5.78. The highest BCUT2D eigenvalue weighted by Crippen LogP contribution is 2.36. The van der Waals surface area contributed by atoms with Crippen LogP contribution in [0.25, 0.3) is 11.1 Å². The molecule has 0 aromatic heterocycles. The van der Waals surface area contributed by atoms with Crippen LogP contribution in [0.1, 0.15) is 92.0 Å². The maximum Gasteiger partial charge on any atom is 0.150 e. The third-order valence-electron chi connectivity index (χ3n) is 8.18. The average Bonchev–Trinajstić information content (AvgIpc) is 2.98. The minimum Gasteiger partial charge on any atom is -0.390 e. The van der Waals surface area contributed by atoms with Crippen LogP contribution in [0.3, 0.4) is 0 Å². The Morgan fingerprint density at radius 1 is 0.857 bits per heavy atom. The third-order valence-corrected chi connectivity index (χ3v) is 8.18. The molecule has 230 valence electrons. The van der Waals surface area contributed by atoms with Gasteiger partial charge < -0.3 is 31.7 Å². The Hall–Kier alpha value is -2.74. The van der Waals surface area contributed by atoms with Crippen molar-refractivity contribution < 1.29 is 14.9 Å². The summed E-state index contributed by atoms with van der Waals surface area (Å²) >= 11 is 0. The fourth-order valence-corrected chi connectivity index (χ4v) is 5.94. The molecule has 0 heterocycles. The number of nitrogens with one attached hydrogen (secondary N) is 1. The van der Waals surface area contributed by atoms with Crippen molar-refractivity contribution in [2.24, 2.45) is 11.5 Å². The zero-order valence-electron chi connectivity index (χ0n) is 26.2. The molecule has 0 aliphatic carbocycles. The Labute approximate surface area is 253 Å². The molecule has 6 nitrogen and oxygen atoms in total. The van der Waals surface area contributed by atoms with E-state index >= 15 is 0 Å². The number of aryl methyl sites for hydroxylation is 3. The number of aliphatic hydroxyl groups excluding tert-OH is 1. The van der Waals surface area contributed by atoms with Gasteiger partial charge in [-0.05, 0) is 97.9 Å². The summed E-state index contributed by atoms with van der Waals surface area (Å²) in [5, 5.41) is 25.7. The zero-order valence-corrected chi connectivity index (χ0v) is 26.2. The molecule has 1 atom stereocenters. The number of hydrogen-bond acceptors (Lipinski definition) is 6. The van der Waals surface area contributed by atoms with E-state index < -0.39 is 11.8 Å². The molecule has 0 aliphatic heterocycles. The summed E-state index contributed by atoms with van der Waals surface area (Å²) in [7, 11) is 0. The number of ether oxygens (including phenoxy) is 1. The van der Waals surface area contributed by atoms with E-state index in [-0.39, 0.29) is 0 Å². The lowest BCUT2D eigenvalue weighted by Gasteiger charge is -2.28. The van der Waals surface area contributed by atoms with Gasteiger partial charge in [0.2, 0.25) is 0 Å². The van der Waals surface area contributed by atoms with Crippen LogP contribution >= 0.6 is 0 Å². The molecule has 1 unspecified atom stereocenters. The summed E-state index contributed by atoms with van der Waals surface area (Å²) in [6.07, 6.45) is 6.15. The van der Waals surface area contributed by atoms with Crippen molar-refractivity contribution in [2.75, 3.05) is 25.0 Å². The first kappa shape index (κ1) is 33.8. The van der Waals surface area contributed by atoms with Crippen LogP contribution in [0, 0.1) is 13.8 Å². The lowest BCUT2D eigenvalue weighted by Crippen LogP contribution is -2.28. The molecule has 0 fully saturated rings. The molecule has 42 heavy (non-hydrogen) atoms. The molecule has 0 amide bonds. The van der Waals surface area contributed by atoms with Crippen LogP contribution in [0.2, 0.25) is 0 Å². The fourth-order valence-electron chi connectivity index (χ4n) is 5.94.